The normalized spacial score (nSPS) is 14.1. The molecule has 0 aliphatic heterocycles. The van der Waals surface area contributed by atoms with Gasteiger partial charge < -0.3 is 25.0 Å². The molecule has 1 fully saturated rings. The number of aliphatic hydroxyl groups excluding tert-OH is 1. The zero-order valence-electron chi connectivity index (χ0n) is 11.0. The molecule has 1 aliphatic carbocycles. The van der Waals surface area contributed by atoms with Gasteiger partial charge in [-0.25, -0.2) is 14.6 Å². The molecule has 1 heterocycles. The summed E-state index contributed by atoms with van der Waals surface area (Å²) in [5, 5.41) is 20.4. The van der Waals surface area contributed by atoms with Crippen molar-refractivity contribution in [3.05, 3.63) is 18.2 Å². The van der Waals surface area contributed by atoms with Crippen molar-refractivity contribution in [2.75, 3.05) is 19.7 Å². The minimum Gasteiger partial charge on any atom is -0.476 e. The standard InChI is InChI=1S/C12H18N4O4/c17-6-5-16(9-1-2-9)12(20)13-3-4-15-7-10(11(18)19)14-8-15/h7-9,17H,1-6H2,(H,13,20)(H,18,19). The number of carboxylic acid groups (broad SMARTS) is 1. The SMILES string of the molecule is O=C(O)c1cn(CCNC(=O)N(CCO)C2CC2)cn1. The fourth-order valence-corrected chi connectivity index (χ4v) is 1.93. The summed E-state index contributed by atoms with van der Waals surface area (Å²) in [7, 11) is 0. The zero-order valence-corrected chi connectivity index (χ0v) is 11.0. The number of nitrogens with one attached hydrogen (secondary N) is 1. The Kier molecular flexibility index (Phi) is 4.57. The topological polar surface area (TPSA) is 108 Å². The van der Waals surface area contributed by atoms with E-state index >= 15 is 0 Å². The van der Waals surface area contributed by atoms with Gasteiger partial charge in [-0.05, 0) is 12.8 Å². The summed E-state index contributed by atoms with van der Waals surface area (Å²) in [5.74, 6) is -1.07. The summed E-state index contributed by atoms with van der Waals surface area (Å²) in [6.07, 6.45) is 4.80. The van der Waals surface area contributed by atoms with E-state index in [0.29, 0.717) is 19.6 Å². The number of hydrogen-bond acceptors (Lipinski definition) is 4. The first-order valence-electron chi connectivity index (χ1n) is 6.52. The van der Waals surface area contributed by atoms with E-state index in [2.05, 4.69) is 10.3 Å². The van der Waals surface area contributed by atoms with Crippen LogP contribution in [0.2, 0.25) is 0 Å². The molecule has 0 radical (unpaired) electrons. The minimum atomic E-state index is -1.07. The third-order valence-electron chi connectivity index (χ3n) is 3.09. The zero-order chi connectivity index (χ0) is 14.5. The Labute approximate surface area is 116 Å². The molecule has 0 unspecified atom stereocenters. The number of aromatic nitrogens is 2. The first-order valence-corrected chi connectivity index (χ1v) is 6.52. The van der Waals surface area contributed by atoms with Crippen molar-refractivity contribution in [1.82, 2.24) is 19.8 Å². The van der Waals surface area contributed by atoms with Crippen LogP contribution in [0.3, 0.4) is 0 Å². The van der Waals surface area contributed by atoms with Gasteiger partial charge in [0, 0.05) is 31.9 Å². The van der Waals surface area contributed by atoms with Gasteiger partial charge in [-0.1, -0.05) is 0 Å². The fourth-order valence-electron chi connectivity index (χ4n) is 1.93. The Bertz CT molecular complexity index is 484. The second-order valence-corrected chi connectivity index (χ2v) is 4.68. The molecule has 8 nitrogen and oxygen atoms in total. The van der Waals surface area contributed by atoms with Crippen LogP contribution in [0.4, 0.5) is 4.79 Å². The molecule has 110 valence electrons. The van der Waals surface area contributed by atoms with Crippen LogP contribution in [-0.2, 0) is 6.54 Å². The third-order valence-corrected chi connectivity index (χ3v) is 3.09. The van der Waals surface area contributed by atoms with Gasteiger partial charge in [0.25, 0.3) is 0 Å². The number of carbonyl (C=O) groups excluding carboxylic acids is 1. The second kappa shape index (κ2) is 6.38. The molecular weight excluding hydrogens is 264 g/mol. The van der Waals surface area contributed by atoms with Crippen LogP contribution in [0, 0.1) is 0 Å². The third kappa shape index (κ3) is 3.70. The maximum absolute atomic E-state index is 11.9. The molecule has 3 N–H and O–H groups in total. The molecular formula is C12H18N4O4. The van der Waals surface area contributed by atoms with E-state index in [-0.39, 0.29) is 24.4 Å². The number of aliphatic hydroxyl groups is 1. The summed E-state index contributed by atoms with van der Waals surface area (Å²) >= 11 is 0. The molecule has 1 saturated carbocycles. The highest BCUT2D eigenvalue weighted by molar-refractivity contribution is 5.84. The summed E-state index contributed by atoms with van der Waals surface area (Å²) < 4.78 is 1.61. The monoisotopic (exact) mass is 282 g/mol. The van der Waals surface area contributed by atoms with Crippen LogP contribution >= 0.6 is 0 Å². The molecule has 0 atom stereocenters. The quantitative estimate of drug-likeness (QED) is 0.639. The number of imidazole rings is 1. The highest BCUT2D eigenvalue weighted by atomic mass is 16.4. The van der Waals surface area contributed by atoms with E-state index in [0.717, 1.165) is 12.8 Å². The lowest BCUT2D eigenvalue weighted by molar-refractivity contribution is 0.0691. The van der Waals surface area contributed by atoms with E-state index in [1.807, 2.05) is 0 Å². The summed E-state index contributed by atoms with van der Waals surface area (Å²) in [6, 6.07) is 0.0501. The molecule has 20 heavy (non-hydrogen) atoms. The van der Waals surface area contributed by atoms with E-state index in [9.17, 15) is 9.59 Å². The second-order valence-electron chi connectivity index (χ2n) is 4.68. The van der Waals surface area contributed by atoms with Gasteiger partial charge in [-0.2, -0.15) is 0 Å². The van der Waals surface area contributed by atoms with Gasteiger partial charge in [-0.15, -0.1) is 0 Å². The highest BCUT2D eigenvalue weighted by Crippen LogP contribution is 2.26. The average Bonchev–Trinajstić information content (AvgIpc) is 3.13. The Morgan fingerprint density at radius 3 is 2.80 bits per heavy atom. The number of nitrogens with zero attached hydrogens (tertiary/aromatic N) is 3. The van der Waals surface area contributed by atoms with Crippen LogP contribution in [0.15, 0.2) is 12.5 Å². The van der Waals surface area contributed by atoms with E-state index in [1.165, 1.54) is 12.5 Å². The van der Waals surface area contributed by atoms with Gasteiger partial charge in [-0.3, -0.25) is 0 Å². The van der Waals surface area contributed by atoms with E-state index < -0.39 is 5.97 Å². The van der Waals surface area contributed by atoms with Crippen LogP contribution < -0.4 is 5.32 Å². The van der Waals surface area contributed by atoms with Crippen molar-refractivity contribution in [2.24, 2.45) is 0 Å². The summed E-state index contributed by atoms with van der Waals surface area (Å²) in [5.41, 5.74) is -0.0174. The molecule has 0 spiro atoms. The Balaban J connectivity index is 1.76. The lowest BCUT2D eigenvalue weighted by atomic mass is 10.5. The number of carbonyl (C=O) groups is 2. The predicted octanol–water partition coefficient (Wildman–Crippen LogP) is -0.252. The summed E-state index contributed by atoms with van der Waals surface area (Å²) in [4.78, 5) is 27.9. The number of rotatable bonds is 7. The smallest absolute Gasteiger partial charge is 0.356 e. The molecule has 1 aromatic rings. The molecule has 1 aromatic heterocycles. The number of amides is 2. The van der Waals surface area contributed by atoms with Crippen LogP contribution in [0.1, 0.15) is 23.3 Å². The predicted molar refractivity (Wildman–Crippen MR) is 69.4 cm³/mol. The van der Waals surface area contributed by atoms with Crippen molar-refractivity contribution in [3.63, 3.8) is 0 Å². The Morgan fingerprint density at radius 2 is 2.25 bits per heavy atom. The van der Waals surface area contributed by atoms with Gasteiger partial charge in [0.15, 0.2) is 5.69 Å². The number of carboxylic acids is 1. The van der Waals surface area contributed by atoms with Crippen LogP contribution in [0.5, 0.6) is 0 Å². The van der Waals surface area contributed by atoms with Crippen molar-refractivity contribution in [2.45, 2.75) is 25.4 Å². The van der Waals surface area contributed by atoms with E-state index in [4.69, 9.17) is 10.2 Å². The fraction of sp³-hybridized carbons (Fsp3) is 0.583. The van der Waals surface area contributed by atoms with Gasteiger partial charge in [0.2, 0.25) is 0 Å². The van der Waals surface area contributed by atoms with E-state index in [1.54, 1.807) is 9.47 Å². The number of urea groups is 1. The number of aromatic carboxylic acids is 1. The lowest BCUT2D eigenvalue weighted by Gasteiger charge is -2.21. The minimum absolute atomic E-state index is 0.0174. The van der Waals surface area contributed by atoms with Gasteiger partial charge in [0.05, 0.1) is 12.9 Å². The Morgan fingerprint density at radius 1 is 1.50 bits per heavy atom. The number of hydrogen-bond donors (Lipinski definition) is 3. The molecule has 1 aliphatic rings. The van der Waals surface area contributed by atoms with Crippen molar-refractivity contribution < 1.29 is 19.8 Å². The summed E-state index contributed by atoms with van der Waals surface area (Å²) in [6.45, 7) is 1.12. The lowest BCUT2D eigenvalue weighted by Crippen LogP contribution is -2.43. The Hall–Kier alpha value is -2.09. The average molecular weight is 282 g/mol. The highest BCUT2D eigenvalue weighted by Gasteiger charge is 2.31. The first-order chi connectivity index (χ1) is 9.61. The molecule has 2 amide bonds. The largest absolute Gasteiger partial charge is 0.476 e. The maximum atomic E-state index is 11.9. The maximum Gasteiger partial charge on any atom is 0.356 e. The molecule has 2 rings (SSSR count). The van der Waals surface area contributed by atoms with Crippen LogP contribution in [-0.4, -0.2) is 62.4 Å². The van der Waals surface area contributed by atoms with Crippen molar-refractivity contribution in [1.29, 1.82) is 0 Å². The molecule has 0 saturated heterocycles. The van der Waals surface area contributed by atoms with Crippen molar-refractivity contribution >= 4 is 12.0 Å². The first kappa shape index (κ1) is 14.3. The van der Waals surface area contributed by atoms with Gasteiger partial charge >= 0.3 is 12.0 Å². The molecule has 0 bridgehead atoms. The van der Waals surface area contributed by atoms with Crippen molar-refractivity contribution in [3.8, 4) is 0 Å². The van der Waals surface area contributed by atoms with Crippen LogP contribution in [0.25, 0.3) is 0 Å². The van der Waals surface area contributed by atoms with Gasteiger partial charge in [0.1, 0.15) is 0 Å². The molecule has 8 heteroatoms. The molecule has 0 aromatic carbocycles.